The van der Waals surface area contributed by atoms with Crippen LogP contribution in [0.4, 0.5) is 11.8 Å². The number of nitrogens with zero attached hydrogens (tertiary/aromatic N) is 6. The molecule has 0 radical (unpaired) electrons. The number of aromatic nitrogens is 4. The molecule has 2 aromatic carbocycles. The predicted octanol–water partition coefficient (Wildman–Crippen LogP) is 3.79. The fourth-order valence-corrected chi connectivity index (χ4v) is 5.67. The van der Waals surface area contributed by atoms with Gasteiger partial charge in [-0.05, 0) is 54.3 Å². The van der Waals surface area contributed by atoms with Crippen LogP contribution in [-0.4, -0.2) is 81.7 Å². The van der Waals surface area contributed by atoms with Gasteiger partial charge in [-0.15, -0.1) is 0 Å². The Labute approximate surface area is 254 Å². The summed E-state index contributed by atoms with van der Waals surface area (Å²) in [5.74, 6) is 1.07. The van der Waals surface area contributed by atoms with Crippen molar-refractivity contribution in [3.8, 4) is 17.0 Å². The van der Waals surface area contributed by atoms with Crippen molar-refractivity contribution >= 4 is 29.3 Å². The van der Waals surface area contributed by atoms with Crippen molar-refractivity contribution in [2.45, 2.75) is 26.0 Å². The number of aryl methyl sites for hydroxylation is 1. The highest BCUT2D eigenvalue weighted by molar-refractivity contribution is 6.30. The van der Waals surface area contributed by atoms with E-state index in [4.69, 9.17) is 36.9 Å². The Bertz CT molecular complexity index is 1590. The minimum Gasteiger partial charge on any atom is -0.489 e. The summed E-state index contributed by atoms with van der Waals surface area (Å²) in [5, 5.41) is 13.8. The zero-order valence-corrected chi connectivity index (χ0v) is 24.5. The molecule has 1 saturated heterocycles. The summed E-state index contributed by atoms with van der Waals surface area (Å²) >= 11 is 5.99. The molecule has 0 unspecified atom stereocenters. The van der Waals surface area contributed by atoms with Crippen LogP contribution in [0.2, 0.25) is 5.02 Å². The summed E-state index contributed by atoms with van der Waals surface area (Å²) in [6.07, 6.45) is 4.59. The number of halogens is 1. The number of aromatic carboxylic acids is 1. The van der Waals surface area contributed by atoms with Gasteiger partial charge >= 0.3 is 5.97 Å². The van der Waals surface area contributed by atoms with Gasteiger partial charge in [0.2, 0.25) is 5.95 Å². The van der Waals surface area contributed by atoms with E-state index in [-0.39, 0.29) is 11.5 Å². The zero-order chi connectivity index (χ0) is 29.8. The molecule has 12 heteroatoms. The number of piperazine rings is 1. The van der Waals surface area contributed by atoms with E-state index in [1.165, 1.54) is 18.0 Å². The highest BCUT2D eigenvalue weighted by Crippen LogP contribution is 2.38. The lowest BCUT2D eigenvalue weighted by atomic mass is 9.88. The van der Waals surface area contributed by atoms with Crippen LogP contribution in [0.15, 0.2) is 54.9 Å². The number of nitrogens with two attached hydrogens (primary N) is 1. The van der Waals surface area contributed by atoms with Gasteiger partial charge in [0.05, 0.1) is 37.2 Å². The summed E-state index contributed by atoms with van der Waals surface area (Å²) in [6.45, 7) is 6.38. The Morgan fingerprint density at radius 1 is 1.00 bits per heavy atom. The Morgan fingerprint density at radius 3 is 2.56 bits per heavy atom. The van der Waals surface area contributed by atoms with E-state index in [1.807, 2.05) is 30.3 Å². The fourth-order valence-electron chi connectivity index (χ4n) is 5.54. The first-order chi connectivity index (χ1) is 20.9. The molecule has 0 atom stereocenters. The Kier molecular flexibility index (Phi) is 8.73. The molecule has 43 heavy (non-hydrogen) atoms. The first-order valence-corrected chi connectivity index (χ1v) is 14.8. The molecule has 1 aliphatic heterocycles. The number of rotatable bonds is 11. The molecular formula is C31H34ClN7O4. The van der Waals surface area contributed by atoms with Crippen LogP contribution < -0.4 is 15.4 Å². The zero-order valence-electron chi connectivity index (χ0n) is 23.8. The average molecular weight is 604 g/mol. The minimum atomic E-state index is -0.980. The molecule has 3 N–H and O–H groups in total. The molecule has 1 aliphatic carbocycles. The van der Waals surface area contributed by atoms with Gasteiger partial charge in [0.1, 0.15) is 18.2 Å². The molecule has 2 aliphatic rings. The Morgan fingerprint density at radius 2 is 1.79 bits per heavy atom. The predicted molar refractivity (Wildman–Crippen MR) is 164 cm³/mol. The third kappa shape index (κ3) is 6.90. The van der Waals surface area contributed by atoms with Crippen LogP contribution in [0.3, 0.4) is 0 Å². The molecule has 0 amide bonds. The van der Waals surface area contributed by atoms with Crippen molar-refractivity contribution < 1.29 is 19.4 Å². The number of nitrogen functional groups attached to an aromatic ring is 1. The highest BCUT2D eigenvalue weighted by atomic mass is 35.5. The van der Waals surface area contributed by atoms with Gasteiger partial charge < -0.3 is 25.2 Å². The molecule has 2 aromatic heterocycles. The number of hydrogen-bond donors (Lipinski definition) is 2. The van der Waals surface area contributed by atoms with Gasteiger partial charge in [0.25, 0.3) is 0 Å². The maximum Gasteiger partial charge on any atom is 0.338 e. The second-order valence-corrected chi connectivity index (χ2v) is 11.1. The number of benzene rings is 2. The summed E-state index contributed by atoms with van der Waals surface area (Å²) in [5.41, 5.74) is 11.8. The van der Waals surface area contributed by atoms with Gasteiger partial charge in [-0.25, -0.2) is 9.78 Å². The van der Waals surface area contributed by atoms with E-state index in [2.05, 4.69) is 32.0 Å². The van der Waals surface area contributed by atoms with E-state index in [0.29, 0.717) is 31.4 Å². The summed E-state index contributed by atoms with van der Waals surface area (Å²) in [6, 6.07) is 13.9. The number of anilines is 2. The highest BCUT2D eigenvalue weighted by Gasteiger charge is 2.27. The third-order valence-corrected chi connectivity index (χ3v) is 8.12. The van der Waals surface area contributed by atoms with Gasteiger partial charge in [-0.2, -0.15) is 10.1 Å². The van der Waals surface area contributed by atoms with E-state index >= 15 is 0 Å². The maximum absolute atomic E-state index is 11.0. The summed E-state index contributed by atoms with van der Waals surface area (Å²) in [4.78, 5) is 25.0. The third-order valence-electron chi connectivity index (χ3n) is 7.87. The van der Waals surface area contributed by atoms with E-state index in [9.17, 15) is 4.79 Å². The van der Waals surface area contributed by atoms with Crippen LogP contribution in [0.1, 0.15) is 27.0 Å². The molecule has 0 bridgehead atoms. The molecule has 0 spiro atoms. The summed E-state index contributed by atoms with van der Waals surface area (Å²) < 4.78 is 13.4. The topological polar surface area (TPSA) is 132 Å². The lowest BCUT2D eigenvalue weighted by Gasteiger charge is -2.37. The standard InChI is InChI=1S/C31H34ClN7O4/c32-24-4-1-21(2-5-24)20-43-25-6-8-26-22(17-25)3-7-27-28(26)35-31(33)36-29(27)38-11-9-37(10-12-38)13-15-42-16-14-39-19-23(18-34-39)30(40)41/h1-2,4-6,8,17-19H,3,7,9-16,20H2,(H,40,41)(H2,33,35,36). The minimum absolute atomic E-state index is 0.179. The van der Waals surface area contributed by atoms with Crippen molar-refractivity contribution in [2.75, 3.05) is 56.6 Å². The first-order valence-electron chi connectivity index (χ1n) is 14.4. The van der Waals surface area contributed by atoms with Crippen LogP contribution in [0.5, 0.6) is 5.75 Å². The lowest BCUT2D eigenvalue weighted by Crippen LogP contribution is -2.48. The van der Waals surface area contributed by atoms with Crippen LogP contribution >= 0.6 is 11.6 Å². The fraction of sp³-hybridized carbons (Fsp3) is 0.355. The van der Waals surface area contributed by atoms with Gasteiger partial charge in [0, 0.05) is 55.1 Å². The Balaban J connectivity index is 1.02. The van der Waals surface area contributed by atoms with Crippen LogP contribution in [0, 0.1) is 0 Å². The van der Waals surface area contributed by atoms with Crippen LogP contribution in [-0.2, 0) is 30.7 Å². The second kappa shape index (κ2) is 13.0. The lowest BCUT2D eigenvalue weighted by molar-refractivity contribution is 0.0696. The molecule has 6 rings (SSSR count). The number of ether oxygens (including phenoxy) is 2. The van der Waals surface area contributed by atoms with E-state index in [1.54, 1.807) is 4.68 Å². The number of carboxylic acids is 1. The summed E-state index contributed by atoms with van der Waals surface area (Å²) in [7, 11) is 0. The number of fused-ring (bicyclic) bond motifs is 3. The molecule has 4 aromatic rings. The van der Waals surface area contributed by atoms with Crippen LogP contribution in [0.25, 0.3) is 11.3 Å². The molecule has 11 nitrogen and oxygen atoms in total. The van der Waals surface area contributed by atoms with Gasteiger partial charge in [-0.3, -0.25) is 9.58 Å². The second-order valence-electron chi connectivity index (χ2n) is 10.7. The molecule has 224 valence electrons. The SMILES string of the molecule is Nc1nc2c(c(N3CCN(CCOCCn4cc(C(=O)O)cn4)CC3)n1)CCc1cc(OCc3ccc(Cl)cc3)ccc1-2. The van der Waals surface area contributed by atoms with E-state index < -0.39 is 5.97 Å². The van der Waals surface area contributed by atoms with Crippen molar-refractivity contribution in [3.05, 3.63) is 82.1 Å². The first kappa shape index (κ1) is 28.9. The maximum atomic E-state index is 11.0. The number of carbonyl (C=O) groups is 1. The quantitative estimate of drug-likeness (QED) is 0.244. The van der Waals surface area contributed by atoms with E-state index in [0.717, 1.165) is 79.5 Å². The molecule has 1 fully saturated rings. The molecule has 3 heterocycles. The van der Waals surface area contributed by atoms with Gasteiger partial charge in [0.15, 0.2) is 0 Å². The van der Waals surface area contributed by atoms with Crippen molar-refractivity contribution in [1.82, 2.24) is 24.6 Å². The molecular weight excluding hydrogens is 570 g/mol. The van der Waals surface area contributed by atoms with Gasteiger partial charge in [-0.1, -0.05) is 23.7 Å². The monoisotopic (exact) mass is 603 g/mol. The van der Waals surface area contributed by atoms with Crippen molar-refractivity contribution in [2.24, 2.45) is 0 Å². The molecule has 0 saturated carbocycles. The number of hydrogen-bond acceptors (Lipinski definition) is 9. The Hall–Kier alpha value is -4.19. The average Bonchev–Trinajstić information content (AvgIpc) is 3.50. The van der Waals surface area contributed by atoms with Crippen molar-refractivity contribution in [3.63, 3.8) is 0 Å². The smallest absolute Gasteiger partial charge is 0.338 e. The van der Waals surface area contributed by atoms with Crippen molar-refractivity contribution in [1.29, 1.82) is 0 Å². The number of carboxylic acid groups (broad SMARTS) is 1. The normalized spacial score (nSPS) is 14.8. The largest absolute Gasteiger partial charge is 0.489 e.